The molecule has 5 nitrogen and oxygen atoms in total. The van der Waals surface area contributed by atoms with E-state index in [4.69, 9.17) is 4.84 Å². The first-order chi connectivity index (χ1) is 7.16. The van der Waals surface area contributed by atoms with Gasteiger partial charge < -0.3 is 4.84 Å². The van der Waals surface area contributed by atoms with Crippen LogP contribution in [0.3, 0.4) is 0 Å². The van der Waals surface area contributed by atoms with Crippen molar-refractivity contribution in [2.45, 2.75) is 0 Å². The lowest BCUT2D eigenvalue weighted by molar-refractivity contribution is 0.143. The Labute approximate surface area is 85.1 Å². The van der Waals surface area contributed by atoms with Gasteiger partial charge in [0.1, 0.15) is 7.11 Å². The monoisotopic (exact) mass is 206 g/mol. The molecule has 15 heavy (non-hydrogen) atoms. The van der Waals surface area contributed by atoms with E-state index >= 15 is 0 Å². The minimum absolute atomic E-state index is 0.434. The minimum atomic E-state index is -0.485. The van der Waals surface area contributed by atoms with Crippen LogP contribution < -0.4 is 16.1 Å². The Morgan fingerprint density at radius 1 is 1.20 bits per heavy atom. The number of fused-ring (bicyclic) bond motifs is 1. The molecule has 0 aliphatic heterocycles. The van der Waals surface area contributed by atoms with E-state index in [-0.39, 0.29) is 0 Å². The van der Waals surface area contributed by atoms with Crippen molar-refractivity contribution in [3.05, 3.63) is 45.1 Å². The molecular weight excluding hydrogens is 196 g/mol. The Hall–Kier alpha value is -2.04. The van der Waals surface area contributed by atoms with Gasteiger partial charge in [0.2, 0.25) is 0 Å². The standard InChI is InChI=1S/C10H10N2O3/c1-11-8-6-4-3-5-7(8)9(13)12(15-2)10(11)14/h3-6H,1-2H3. The van der Waals surface area contributed by atoms with Crippen LogP contribution in [0.25, 0.3) is 10.9 Å². The fourth-order valence-electron chi connectivity index (χ4n) is 1.54. The average molecular weight is 206 g/mol. The summed E-state index contributed by atoms with van der Waals surface area (Å²) in [5.41, 5.74) is -0.321. The molecule has 1 heterocycles. The average Bonchev–Trinajstić information content (AvgIpc) is 2.27. The first-order valence-corrected chi connectivity index (χ1v) is 4.42. The van der Waals surface area contributed by atoms with E-state index in [1.54, 1.807) is 31.3 Å². The second-order valence-corrected chi connectivity index (χ2v) is 3.14. The zero-order valence-corrected chi connectivity index (χ0v) is 8.43. The second-order valence-electron chi connectivity index (χ2n) is 3.14. The smallest absolute Gasteiger partial charge is 0.364 e. The molecule has 1 aromatic heterocycles. The SMILES string of the molecule is COn1c(=O)c2ccccc2n(C)c1=O. The Morgan fingerprint density at radius 2 is 1.87 bits per heavy atom. The van der Waals surface area contributed by atoms with Crippen molar-refractivity contribution in [2.24, 2.45) is 7.05 Å². The molecule has 0 amide bonds. The quantitative estimate of drug-likeness (QED) is 0.647. The number of rotatable bonds is 1. The number of aromatic nitrogens is 2. The molecule has 1 aromatic carbocycles. The van der Waals surface area contributed by atoms with Crippen LogP contribution in [0.15, 0.2) is 33.9 Å². The van der Waals surface area contributed by atoms with E-state index in [9.17, 15) is 9.59 Å². The molecule has 0 aliphatic rings. The van der Waals surface area contributed by atoms with Gasteiger partial charge in [0, 0.05) is 7.05 Å². The number of benzene rings is 1. The van der Waals surface area contributed by atoms with Gasteiger partial charge in [-0.25, -0.2) is 4.79 Å². The Kier molecular flexibility index (Phi) is 2.07. The highest BCUT2D eigenvalue weighted by atomic mass is 16.7. The van der Waals surface area contributed by atoms with Crippen molar-refractivity contribution in [3.8, 4) is 0 Å². The van der Waals surface area contributed by atoms with Crippen molar-refractivity contribution in [1.29, 1.82) is 0 Å². The van der Waals surface area contributed by atoms with Gasteiger partial charge in [-0.2, -0.15) is 0 Å². The highest BCUT2D eigenvalue weighted by Crippen LogP contribution is 2.04. The highest BCUT2D eigenvalue weighted by molar-refractivity contribution is 5.77. The van der Waals surface area contributed by atoms with Crippen molar-refractivity contribution in [2.75, 3.05) is 7.11 Å². The van der Waals surface area contributed by atoms with E-state index < -0.39 is 11.2 Å². The van der Waals surface area contributed by atoms with Gasteiger partial charge in [-0.3, -0.25) is 9.36 Å². The molecule has 0 saturated carbocycles. The third kappa shape index (κ3) is 1.24. The van der Waals surface area contributed by atoms with Gasteiger partial charge in [-0.15, -0.1) is 0 Å². The van der Waals surface area contributed by atoms with Crippen LogP contribution in [0.5, 0.6) is 0 Å². The highest BCUT2D eigenvalue weighted by Gasteiger charge is 2.09. The molecule has 0 spiro atoms. The maximum Gasteiger partial charge on any atom is 0.364 e. The maximum absolute atomic E-state index is 11.8. The predicted octanol–water partition coefficient (Wildman–Crippen LogP) is -0.241. The summed E-state index contributed by atoms with van der Waals surface area (Å²) >= 11 is 0. The summed E-state index contributed by atoms with van der Waals surface area (Å²) in [6.45, 7) is 0. The molecule has 2 rings (SSSR count). The van der Waals surface area contributed by atoms with Crippen LogP contribution in [0.4, 0.5) is 0 Å². The molecule has 0 atom stereocenters. The summed E-state index contributed by atoms with van der Waals surface area (Å²) in [5.74, 6) is 0. The second kappa shape index (κ2) is 3.27. The molecule has 0 bridgehead atoms. The van der Waals surface area contributed by atoms with Gasteiger partial charge >= 0.3 is 5.69 Å². The van der Waals surface area contributed by atoms with Crippen LogP contribution in [0.1, 0.15) is 0 Å². The fourth-order valence-corrected chi connectivity index (χ4v) is 1.54. The Bertz CT molecular complexity index is 625. The van der Waals surface area contributed by atoms with Crippen molar-refractivity contribution >= 4 is 10.9 Å². The van der Waals surface area contributed by atoms with Gasteiger partial charge in [-0.05, 0) is 12.1 Å². The number of hydrogen-bond donors (Lipinski definition) is 0. The first-order valence-electron chi connectivity index (χ1n) is 4.42. The zero-order chi connectivity index (χ0) is 11.0. The summed E-state index contributed by atoms with van der Waals surface area (Å²) in [7, 11) is 2.89. The Balaban J connectivity index is 3.10. The van der Waals surface area contributed by atoms with Gasteiger partial charge in [0.15, 0.2) is 0 Å². The van der Waals surface area contributed by atoms with Crippen LogP contribution in [-0.4, -0.2) is 16.4 Å². The van der Waals surface area contributed by atoms with Crippen molar-refractivity contribution in [3.63, 3.8) is 0 Å². The van der Waals surface area contributed by atoms with Crippen LogP contribution in [0, 0.1) is 0 Å². The topological polar surface area (TPSA) is 53.2 Å². The molecule has 2 aromatic rings. The molecule has 0 fully saturated rings. The maximum atomic E-state index is 11.8. The third-order valence-electron chi connectivity index (χ3n) is 2.32. The third-order valence-corrected chi connectivity index (χ3v) is 2.32. The number of aryl methyl sites for hydroxylation is 1. The minimum Gasteiger partial charge on any atom is -0.409 e. The molecule has 0 unspecified atom stereocenters. The molecule has 78 valence electrons. The predicted molar refractivity (Wildman–Crippen MR) is 56.0 cm³/mol. The molecule has 0 N–H and O–H groups in total. The molecule has 0 aliphatic carbocycles. The van der Waals surface area contributed by atoms with Gasteiger partial charge in [-0.1, -0.05) is 16.9 Å². The van der Waals surface area contributed by atoms with Gasteiger partial charge in [0.25, 0.3) is 5.56 Å². The first kappa shape index (κ1) is 9.51. The zero-order valence-electron chi connectivity index (χ0n) is 8.43. The molecule has 0 radical (unpaired) electrons. The number of nitrogens with zero attached hydrogens (tertiary/aromatic N) is 2. The van der Waals surface area contributed by atoms with Crippen molar-refractivity contribution < 1.29 is 4.84 Å². The summed E-state index contributed by atoms with van der Waals surface area (Å²) < 4.78 is 2.11. The summed E-state index contributed by atoms with van der Waals surface area (Å²) in [5, 5.41) is 0.460. The Morgan fingerprint density at radius 3 is 2.53 bits per heavy atom. The van der Waals surface area contributed by atoms with Crippen LogP contribution in [0.2, 0.25) is 0 Å². The van der Waals surface area contributed by atoms with E-state index in [2.05, 4.69) is 0 Å². The normalized spacial score (nSPS) is 10.5. The lowest BCUT2D eigenvalue weighted by Crippen LogP contribution is -2.41. The summed E-state index contributed by atoms with van der Waals surface area (Å²) in [6, 6.07) is 6.90. The van der Waals surface area contributed by atoms with Crippen LogP contribution in [-0.2, 0) is 7.05 Å². The van der Waals surface area contributed by atoms with E-state index in [0.29, 0.717) is 10.9 Å². The van der Waals surface area contributed by atoms with E-state index in [0.717, 1.165) is 4.73 Å². The number of para-hydroxylation sites is 1. The van der Waals surface area contributed by atoms with Crippen LogP contribution >= 0.6 is 0 Å². The fraction of sp³-hybridized carbons (Fsp3) is 0.200. The molecule has 5 heteroatoms. The molecule has 0 saturated heterocycles. The number of hydrogen-bond acceptors (Lipinski definition) is 3. The van der Waals surface area contributed by atoms with E-state index in [1.807, 2.05) is 0 Å². The lowest BCUT2D eigenvalue weighted by atomic mass is 10.2. The van der Waals surface area contributed by atoms with E-state index in [1.165, 1.54) is 11.7 Å². The van der Waals surface area contributed by atoms with Gasteiger partial charge in [0.05, 0.1) is 10.9 Å². The van der Waals surface area contributed by atoms with Crippen molar-refractivity contribution in [1.82, 2.24) is 9.30 Å². The molecular formula is C10H10N2O3. The largest absolute Gasteiger partial charge is 0.409 e. The summed E-state index contributed by atoms with van der Waals surface area (Å²) in [4.78, 5) is 28.1. The lowest BCUT2D eigenvalue weighted by Gasteiger charge is -2.07. The summed E-state index contributed by atoms with van der Waals surface area (Å²) in [6.07, 6.45) is 0.